The van der Waals surface area contributed by atoms with E-state index in [0.717, 1.165) is 5.82 Å². The molecule has 0 saturated carbocycles. The number of aromatic nitrogens is 2. The molecule has 0 aliphatic carbocycles. The number of nitrogen functional groups attached to an aromatic ring is 1. The van der Waals surface area contributed by atoms with Gasteiger partial charge in [0.2, 0.25) is 0 Å². The molecule has 0 amide bonds. The van der Waals surface area contributed by atoms with Gasteiger partial charge in [-0.1, -0.05) is 0 Å². The Morgan fingerprint density at radius 3 is 2.64 bits per heavy atom. The molecule has 0 saturated heterocycles. The van der Waals surface area contributed by atoms with E-state index in [1.165, 1.54) is 11.3 Å². The summed E-state index contributed by atoms with van der Waals surface area (Å²) in [6, 6.07) is 3.91. The van der Waals surface area contributed by atoms with Gasteiger partial charge in [0.1, 0.15) is 5.82 Å². The molecule has 4 heteroatoms. The molecule has 0 unspecified atom stereocenters. The van der Waals surface area contributed by atoms with Crippen molar-refractivity contribution in [2.24, 2.45) is 0 Å². The van der Waals surface area contributed by atoms with E-state index >= 15 is 0 Å². The van der Waals surface area contributed by atoms with Crippen molar-refractivity contribution in [1.29, 1.82) is 0 Å². The van der Waals surface area contributed by atoms with E-state index in [4.69, 9.17) is 5.73 Å². The van der Waals surface area contributed by atoms with Crippen LogP contribution < -0.4 is 5.73 Å². The molecule has 0 bridgehead atoms. The summed E-state index contributed by atoms with van der Waals surface area (Å²) in [6.45, 7) is 0. The molecular weight excluding hydrogens is 158 g/mol. The molecule has 0 atom stereocenters. The first-order valence-electron chi connectivity index (χ1n) is 3.20. The number of hydrogen-bond acceptors (Lipinski definition) is 3. The van der Waals surface area contributed by atoms with E-state index < -0.39 is 0 Å². The normalized spacial score (nSPS) is 10.2. The highest BCUT2D eigenvalue weighted by atomic mass is 32.1. The molecular formula is C7H7N3S. The second kappa shape index (κ2) is 2.39. The van der Waals surface area contributed by atoms with Crippen molar-refractivity contribution in [3.05, 3.63) is 29.9 Å². The van der Waals surface area contributed by atoms with E-state index in [2.05, 4.69) is 4.98 Å². The largest absolute Gasteiger partial charge is 0.375 e. The molecule has 0 aliphatic heterocycles. The van der Waals surface area contributed by atoms with Crippen LogP contribution >= 0.6 is 11.3 Å². The highest BCUT2D eigenvalue weighted by Gasteiger charge is 1.97. The van der Waals surface area contributed by atoms with Gasteiger partial charge in [-0.05, 0) is 12.1 Å². The highest BCUT2D eigenvalue weighted by Crippen LogP contribution is 2.14. The number of nitrogens with zero attached hydrogens (tertiary/aromatic N) is 2. The van der Waals surface area contributed by atoms with E-state index in [9.17, 15) is 0 Å². The summed E-state index contributed by atoms with van der Waals surface area (Å²) in [5.74, 6) is 0.887. The first kappa shape index (κ1) is 6.42. The van der Waals surface area contributed by atoms with E-state index in [1.54, 1.807) is 0 Å². The summed E-state index contributed by atoms with van der Waals surface area (Å²) < 4.78 is 1.92. The predicted molar refractivity (Wildman–Crippen MR) is 45.9 cm³/mol. The van der Waals surface area contributed by atoms with Gasteiger partial charge in [-0.25, -0.2) is 4.98 Å². The molecule has 2 rings (SSSR count). The Morgan fingerprint density at radius 1 is 1.36 bits per heavy atom. The smallest absolute Gasteiger partial charge is 0.182 e. The average molecular weight is 165 g/mol. The Hall–Kier alpha value is -1.29. The van der Waals surface area contributed by atoms with Crippen molar-refractivity contribution in [2.45, 2.75) is 0 Å². The summed E-state index contributed by atoms with van der Waals surface area (Å²) in [6.07, 6.45) is 3.88. The molecule has 0 fully saturated rings. The maximum atomic E-state index is 5.48. The number of rotatable bonds is 1. The molecule has 2 heterocycles. The molecule has 3 nitrogen and oxygen atoms in total. The monoisotopic (exact) mass is 165 g/mol. The minimum atomic E-state index is 0.605. The molecule has 2 N–H and O–H groups in total. The predicted octanol–water partition coefficient (Wildman–Crippen LogP) is 1.52. The Balaban J connectivity index is 2.45. The summed E-state index contributed by atoms with van der Waals surface area (Å²) in [7, 11) is 0. The van der Waals surface area contributed by atoms with Crippen LogP contribution in [0.5, 0.6) is 0 Å². The van der Waals surface area contributed by atoms with Gasteiger partial charge in [-0.2, -0.15) is 0 Å². The van der Waals surface area contributed by atoms with Crippen molar-refractivity contribution >= 4 is 16.5 Å². The van der Waals surface area contributed by atoms with Crippen LogP contribution in [0.15, 0.2) is 29.9 Å². The first-order chi connectivity index (χ1) is 5.36. The maximum absolute atomic E-state index is 5.48. The Bertz CT molecular complexity index is 336. The van der Waals surface area contributed by atoms with Crippen LogP contribution in [0.3, 0.4) is 0 Å². The number of anilines is 1. The maximum Gasteiger partial charge on any atom is 0.182 e. The van der Waals surface area contributed by atoms with E-state index in [0.29, 0.717) is 5.13 Å². The van der Waals surface area contributed by atoms with E-state index in [-0.39, 0.29) is 0 Å². The lowest BCUT2D eigenvalue weighted by Crippen LogP contribution is -1.90. The zero-order valence-electron chi connectivity index (χ0n) is 5.77. The highest BCUT2D eigenvalue weighted by molar-refractivity contribution is 7.13. The molecule has 0 aromatic carbocycles. The van der Waals surface area contributed by atoms with Gasteiger partial charge in [0, 0.05) is 17.8 Å². The van der Waals surface area contributed by atoms with Crippen molar-refractivity contribution in [3.8, 4) is 5.82 Å². The average Bonchev–Trinajstić information content (AvgIpc) is 2.55. The number of hydrogen-bond donors (Lipinski definition) is 1. The van der Waals surface area contributed by atoms with Gasteiger partial charge < -0.3 is 10.3 Å². The Morgan fingerprint density at radius 2 is 2.09 bits per heavy atom. The summed E-state index contributed by atoms with van der Waals surface area (Å²) in [5.41, 5.74) is 5.48. The van der Waals surface area contributed by atoms with Crippen molar-refractivity contribution in [3.63, 3.8) is 0 Å². The minimum absolute atomic E-state index is 0.605. The standard InChI is InChI=1S/C7H7N3S/c8-7-9-6(5-11-7)10-3-1-2-4-10/h1-5H,(H2,8,9). The fourth-order valence-corrected chi connectivity index (χ4v) is 1.43. The summed E-state index contributed by atoms with van der Waals surface area (Å²) >= 11 is 1.45. The molecule has 2 aromatic heterocycles. The summed E-state index contributed by atoms with van der Waals surface area (Å²) in [5, 5.41) is 2.53. The van der Waals surface area contributed by atoms with Gasteiger partial charge in [0.25, 0.3) is 0 Å². The summed E-state index contributed by atoms with van der Waals surface area (Å²) in [4.78, 5) is 4.11. The van der Waals surface area contributed by atoms with E-state index in [1.807, 2.05) is 34.5 Å². The quantitative estimate of drug-likeness (QED) is 0.696. The first-order valence-corrected chi connectivity index (χ1v) is 4.08. The van der Waals surface area contributed by atoms with Crippen LogP contribution in [-0.4, -0.2) is 9.55 Å². The lowest BCUT2D eigenvalue weighted by molar-refractivity contribution is 1.03. The SMILES string of the molecule is Nc1nc(-n2cccc2)cs1. The van der Waals surface area contributed by atoms with Crippen molar-refractivity contribution < 1.29 is 0 Å². The zero-order valence-corrected chi connectivity index (χ0v) is 6.58. The Kier molecular flexibility index (Phi) is 1.40. The third kappa shape index (κ3) is 1.12. The van der Waals surface area contributed by atoms with Crippen molar-refractivity contribution in [2.75, 3.05) is 5.73 Å². The second-order valence-electron chi connectivity index (χ2n) is 2.13. The topological polar surface area (TPSA) is 43.8 Å². The molecule has 2 aromatic rings. The minimum Gasteiger partial charge on any atom is -0.375 e. The second-order valence-corrected chi connectivity index (χ2v) is 3.02. The fraction of sp³-hybridized carbons (Fsp3) is 0. The molecule has 0 radical (unpaired) electrons. The lowest BCUT2D eigenvalue weighted by atomic mass is 10.7. The molecule has 0 aliphatic rings. The van der Waals surface area contributed by atoms with Gasteiger partial charge in [-0.3, -0.25) is 0 Å². The van der Waals surface area contributed by atoms with Gasteiger partial charge >= 0.3 is 0 Å². The lowest BCUT2D eigenvalue weighted by Gasteiger charge is -1.92. The van der Waals surface area contributed by atoms with Crippen LogP contribution in [0.4, 0.5) is 5.13 Å². The molecule has 56 valence electrons. The van der Waals surface area contributed by atoms with Crippen LogP contribution in [0.2, 0.25) is 0 Å². The van der Waals surface area contributed by atoms with Crippen LogP contribution in [0.1, 0.15) is 0 Å². The van der Waals surface area contributed by atoms with Gasteiger partial charge in [0.05, 0.1) is 0 Å². The van der Waals surface area contributed by atoms with Gasteiger partial charge in [0.15, 0.2) is 5.13 Å². The van der Waals surface area contributed by atoms with Crippen LogP contribution in [0.25, 0.3) is 5.82 Å². The molecule has 11 heavy (non-hydrogen) atoms. The number of nitrogens with two attached hydrogens (primary N) is 1. The number of thiazole rings is 1. The molecule has 0 spiro atoms. The zero-order chi connectivity index (χ0) is 7.68. The van der Waals surface area contributed by atoms with Crippen molar-refractivity contribution in [1.82, 2.24) is 9.55 Å². The third-order valence-corrected chi connectivity index (χ3v) is 2.04. The third-order valence-electron chi connectivity index (χ3n) is 1.38. The fourth-order valence-electron chi connectivity index (χ4n) is 0.885. The van der Waals surface area contributed by atoms with Crippen LogP contribution in [-0.2, 0) is 0 Å². The Labute approximate surface area is 68.1 Å². The van der Waals surface area contributed by atoms with Crippen LogP contribution in [0, 0.1) is 0 Å². The van der Waals surface area contributed by atoms with Gasteiger partial charge in [-0.15, -0.1) is 11.3 Å².